The first-order valence-corrected chi connectivity index (χ1v) is 14.1. The molecule has 3 aromatic heterocycles. The Hall–Kier alpha value is -5.30. The number of benzene rings is 2. The Morgan fingerprint density at radius 2 is 1.70 bits per heavy atom. The summed E-state index contributed by atoms with van der Waals surface area (Å²) < 4.78 is 8.26. The van der Waals surface area contributed by atoms with Gasteiger partial charge < -0.3 is 10.5 Å². The molecule has 0 aliphatic heterocycles. The smallest absolute Gasteiger partial charge is 0.333 e. The summed E-state index contributed by atoms with van der Waals surface area (Å²) in [7, 11) is 1.14. The molecular formula is C30H27N7O5S. The van der Waals surface area contributed by atoms with Crippen LogP contribution in [0.3, 0.4) is 0 Å². The van der Waals surface area contributed by atoms with Gasteiger partial charge in [0.25, 0.3) is 5.56 Å². The maximum Gasteiger partial charge on any atom is 0.333 e. The zero-order valence-electron chi connectivity index (χ0n) is 23.3. The Labute approximate surface area is 249 Å². The predicted octanol–water partition coefficient (Wildman–Crippen LogP) is 2.74. The highest BCUT2D eigenvalue weighted by Crippen LogP contribution is 2.29. The van der Waals surface area contributed by atoms with Crippen LogP contribution in [0.25, 0.3) is 17.1 Å². The molecule has 0 unspecified atom stereocenters. The Kier molecular flexibility index (Phi) is 8.62. The van der Waals surface area contributed by atoms with Crippen molar-refractivity contribution in [2.24, 2.45) is 0 Å². The Morgan fingerprint density at radius 1 is 0.953 bits per heavy atom. The molecule has 0 bridgehead atoms. The lowest BCUT2D eigenvalue weighted by atomic mass is 10.2. The number of anilines is 1. The van der Waals surface area contributed by atoms with Gasteiger partial charge in [0, 0.05) is 18.0 Å². The molecule has 5 rings (SSSR count). The number of hydrogen-bond donors (Lipinski definition) is 1. The summed E-state index contributed by atoms with van der Waals surface area (Å²) in [6, 6.07) is 20.2. The number of pyridine rings is 1. The second-order valence-corrected chi connectivity index (χ2v) is 10.4. The standard InChI is InChI=1S/C30H27N7O5S/c1-19-9-6-7-13-22(19)37-27(21-12-8-14-32-15-21)33-34-29(37)43-18-23(38)25-26(31)35(16-20-10-4-3-5-11-20)30(41)36(28(25)40)17-24(39)42-2/h3-15H,16-18,31H2,1-2H3. The Bertz CT molecular complexity index is 1920. The first-order valence-electron chi connectivity index (χ1n) is 13.1. The SMILES string of the molecule is COC(=O)Cn1c(=O)c(C(=O)CSc2nnc(-c3cccnc3)n2-c2ccccc2C)c(N)n(Cc2ccccc2)c1=O. The molecule has 12 nitrogen and oxygen atoms in total. The highest BCUT2D eigenvalue weighted by Gasteiger charge is 2.26. The van der Waals surface area contributed by atoms with E-state index in [4.69, 9.17) is 5.73 Å². The number of nitrogen functional groups attached to an aromatic ring is 1. The molecule has 0 fully saturated rings. The number of para-hydroxylation sites is 1. The van der Waals surface area contributed by atoms with E-state index in [0.717, 1.165) is 40.3 Å². The van der Waals surface area contributed by atoms with Crippen molar-refractivity contribution in [1.82, 2.24) is 28.9 Å². The fourth-order valence-corrected chi connectivity index (χ4v) is 5.33. The molecule has 2 N–H and O–H groups in total. The summed E-state index contributed by atoms with van der Waals surface area (Å²) >= 11 is 1.06. The lowest BCUT2D eigenvalue weighted by molar-refractivity contribution is -0.141. The average Bonchev–Trinajstić information content (AvgIpc) is 3.45. The summed E-state index contributed by atoms with van der Waals surface area (Å²) in [5.41, 5.74) is 7.30. The molecule has 0 aliphatic rings. The summed E-state index contributed by atoms with van der Waals surface area (Å²) in [5.74, 6) is -1.48. The van der Waals surface area contributed by atoms with Crippen molar-refractivity contribution in [1.29, 1.82) is 0 Å². The molecule has 0 aliphatic carbocycles. The lowest BCUT2D eigenvalue weighted by Crippen LogP contribution is -2.45. The van der Waals surface area contributed by atoms with Crippen molar-refractivity contribution >= 4 is 29.3 Å². The number of aryl methyl sites for hydroxylation is 1. The number of hydrogen-bond acceptors (Lipinski definition) is 10. The van der Waals surface area contributed by atoms with Crippen LogP contribution in [0, 0.1) is 6.92 Å². The van der Waals surface area contributed by atoms with Crippen molar-refractivity contribution in [3.63, 3.8) is 0 Å². The van der Waals surface area contributed by atoms with Gasteiger partial charge in [-0.05, 0) is 36.2 Å². The molecule has 13 heteroatoms. The highest BCUT2D eigenvalue weighted by atomic mass is 32.2. The van der Waals surface area contributed by atoms with Gasteiger partial charge in [0.1, 0.15) is 17.9 Å². The van der Waals surface area contributed by atoms with Crippen LogP contribution < -0.4 is 17.0 Å². The summed E-state index contributed by atoms with van der Waals surface area (Å²) in [6.07, 6.45) is 3.32. The van der Waals surface area contributed by atoms with Crippen molar-refractivity contribution in [2.75, 3.05) is 18.6 Å². The molecule has 0 saturated carbocycles. The van der Waals surface area contributed by atoms with Gasteiger partial charge in [-0.25, -0.2) is 9.36 Å². The topological polar surface area (TPSA) is 157 Å². The first kappa shape index (κ1) is 29.2. The van der Waals surface area contributed by atoms with Gasteiger partial charge in [0.2, 0.25) is 0 Å². The van der Waals surface area contributed by atoms with E-state index in [-0.39, 0.29) is 18.1 Å². The van der Waals surface area contributed by atoms with Crippen molar-refractivity contribution < 1.29 is 14.3 Å². The third-order valence-electron chi connectivity index (χ3n) is 6.69. The number of ketones is 1. The molecule has 43 heavy (non-hydrogen) atoms. The van der Waals surface area contributed by atoms with E-state index in [9.17, 15) is 19.2 Å². The lowest BCUT2D eigenvalue weighted by Gasteiger charge is -2.16. The number of nitrogens with zero attached hydrogens (tertiary/aromatic N) is 6. The molecule has 5 aromatic rings. The van der Waals surface area contributed by atoms with E-state index >= 15 is 0 Å². The molecule has 0 atom stereocenters. The van der Waals surface area contributed by atoms with E-state index in [1.807, 2.05) is 47.9 Å². The Morgan fingerprint density at radius 3 is 2.40 bits per heavy atom. The van der Waals surface area contributed by atoms with Crippen LogP contribution in [-0.2, 0) is 22.6 Å². The fraction of sp³-hybridized carbons (Fsp3) is 0.167. The van der Waals surface area contributed by atoms with Crippen LogP contribution in [0.2, 0.25) is 0 Å². The minimum atomic E-state index is -0.973. The van der Waals surface area contributed by atoms with Crippen LogP contribution in [0.4, 0.5) is 5.82 Å². The van der Waals surface area contributed by atoms with Gasteiger partial charge in [0.15, 0.2) is 16.8 Å². The van der Waals surface area contributed by atoms with E-state index in [1.54, 1.807) is 42.7 Å². The number of Topliss-reactive ketones (excluding diaryl/α,β-unsaturated/α-hetero) is 1. The van der Waals surface area contributed by atoms with Gasteiger partial charge in [0.05, 0.1) is 25.1 Å². The van der Waals surface area contributed by atoms with Crippen molar-refractivity contribution in [2.45, 2.75) is 25.2 Å². The average molecular weight is 598 g/mol. The van der Waals surface area contributed by atoms with Gasteiger partial charge in [-0.2, -0.15) is 0 Å². The zero-order chi connectivity index (χ0) is 30.5. The molecule has 218 valence electrons. The van der Waals surface area contributed by atoms with Gasteiger partial charge in [-0.15, -0.1) is 10.2 Å². The molecule has 0 saturated heterocycles. The highest BCUT2D eigenvalue weighted by molar-refractivity contribution is 7.99. The van der Waals surface area contributed by atoms with Gasteiger partial charge in [-0.1, -0.05) is 60.3 Å². The number of ether oxygens (including phenoxy) is 1. The summed E-state index contributed by atoms with van der Waals surface area (Å²) in [4.78, 5) is 56.6. The minimum absolute atomic E-state index is 0.0174. The second-order valence-electron chi connectivity index (χ2n) is 9.46. The van der Waals surface area contributed by atoms with E-state index in [1.165, 1.54) is 0 Å². The Balaban J connectivity index is 1.55. The maximum absolute atomic E-state index is 13.7. The number of carbonyl (C=O) groups excluding carboxylic acids is 2. The van der Waals surface area contributed by atoms with Crippen LogP contribution in [0.15, 0.2) is 93.9 Å². The van der Waals surface area contributed by atoms with E-state index in [2.05, 4.69) is 19.9 Å². The minimum Gasteiger partial charge on any atom is -0.468 e. The van der Waals surface area contributed by atoms with Crippen molar-refractivity contribution in [3.05, 3.63) is 117 Å². The molecule has 2 aromatic carbocycles. The second kappa shape index (κ2) is 12.7. The maximum atomic E-state index is 13.7. The van der Waals surface area contributed by atoms with Crippen LogP contribution in [-0.4, -0.2) is 53.5 Å². The van der Waals surface area contributed by atoms with Gasteiger partial charge in [-0.3, -0.25) is 28.5 Å². The molecular weight excluding hydrogens is 570 g/mol. The monoisotopic (exact) mass is 597 g/mol. The molecule has 0 spiro atoms. The molecule has 0 amide bonds. The van der Waals surface area contributed by atoms with Gasteiger partial charge >= 0.3 is 11.7 Å². The first-order chi connectivity index (χ1) is 20.8. The number of esters is 1. The molecule has 3 heterocycles. The largest absolute Gasteiger partial charge is 0.468 e. The predicted molar refractivity (Wildman–Crippen MR) is 161 cm³/mol. The number of thioether (sulfide) groups is 1. The van der Waals surface area contributed by atoms with Crippen LogP contribution in [0.1, 0.15) is 21.5 Å². The number of aromatic nitrogens is 6. The zero-order valence-corrected chi connectivity index (χ0v) is 24.2. The number of rotatable bonds is 10. The summed E-state index contributed by atoms with van der Waals surface area (Å²) in [6.45, 7) is 1.26. The van der Waals surface area contributed by atoms with E-state index in [0.29, 0.717) is 21.1 Å². The normalized spacial score (nSPS) is 10.9. The summed E-state index contributed by atoms with van der Waals surface area (Å²) in [5, 5.41) is 9.11. The number of nitrogens with two attached hydrogens (primary N) is 1. The fourth-order valence-electron chi connectivity index (χ4n) is 4.51. The quantitative estimate of drug-likeness (QED) is 0.144. The number of methoxy groups -OCH3 is 1. The third kappa shape index (κ3) is 6.02. The number of carbonyl (C=O) groups is 2. The van der Waals surface area contributed by atoms with E-state index < -0.39 is 35.1 Å². The third-order valence-corrected chi connectivity index (χ3v) is 7.62. The van der Waals surface area contributed by atoms with Crippen LogP contribution >= 0.6 is 11.8 Å². The van der Waals surface area contributed by atoms with Crippen LogP contribution in [0.5, 0.6) is 0 Å². The molecule has 0 radical (unpaired) electrons. The van der Waals surface area contributed by atoms with Crippen molar-refractivity contribution in [3.8, 4) is 17.1 Å².